The molecular weight excluding hydrogens is 262 g/mol. The van der Waals surface area contributed by atoms with Gasteiger partial charge < -0.3 is 10.1 Å². The fourth-order valence-electron chi connectivity index (χ4n) is 2.23. The molecule has 0 aromatic heterocycles. The van der Waals surface area contributed by atoms with Crippen LogP contribution >= 0.6 is 0 Å². The lowest BCUT2D eigenvalue weighted by Crippen LogP contribution is -2.29. The van der Waals surface area contributed by atoms with E-state index in [1.807, 2.05) is 0 Å². The minimum atomic E-state index is -0.434. The summed E-state index contributed by atoms with van der Waals surface area (Å²) in [6, 6.07) is 5.82. The van der Waals surface area contributed by atoms with E-state index in [0.29, 0.717) is 11.8 Å². The minimum Gasteiger partial charge on any atom is -0.451 e. The number of hydrogen-bond acceptors (Lipinski definition) is 3. The number of hydrogen-bond donors (Lipinski definition) is 1. The van der Waals surface area contributed by atoms with Gasteiger partial charge in [-0.25, -0.2) is 4.79 Å². The van der Waals surface area contributed by atoms with Crippen molar-refractivity contribution in [1.29, 1.82) is 0 Å². The van der Waals surface area contributed by atoms with Crippen molar-refractivity contribution >= 4 is 11.7 Å². The van der Waals surface area contributed by atoms with Crippen molar-refractivity contribution < 1.29 is 9.53 Å². The Morgan fingerprint density at radius 3 is 2.14 bits per heavy atom. The summed E-state index contributed by atoms with van der Waals surface area (Å²) in [6.45, 7) is 10.4. The van der Waals surface area contributed by atoms with Gasteiger partial charge >= 0.3 is 5.97 Å². The molecule has 0 saturated carbocycles. The molecule has 0 unspecified atom stereocenters. The molecular formula is C18H25NO2. The van der Waals surface area contributed by atoms with Gasteiger partial charge in [0.25, 0.3) is 0 Å². The van der Waals surface area contributed by atoms with E-state index in [9.17, 15) is 4.79 Å². The predicted octanol–water partition coefficient (Wildman–Crippen LogP) is 3.91. The maximum absolute atomic E-state index is 11.9. The average Bonchev–Trinajstić information content (AvgIpc) is 2.44. The number of benzene rings is 1. The molecule has 1 rings (SSSR count). The third-order valence-corrected chi connectivity index (χ3v) is 3.39. The fraction of sp³-hybridized carbons (Fsp3) is 0.500. The van der Waals surface area contributed by atoms with Crippen LogP contribution in [0.5, 0.6) is 0 Å². The Bertz CT molecular complexity index is 500. The molecule has 0 fully saturated rings. The highest BCUT2D eigenvalue weighted by Crippen LogP contribution is 2.32. The normalized spacial score (nSPS) is 12.1. The van der Waals surface area contributed by atoms with E-state index < -0.39 is 6.04 Å². The lowest BCUT2D eigenvalue weighted by Gasteiger charge is -2.23. The number of esters is 1. The molecule has 0 amide bonds. The van der Waals surface area contributed by atoms with E-state index in [1.54, 1.807) is 6.92 Å². The summed E-state index contributed by atoms with van der Waals surface area (Å²) < 4.78 is 4.99. The van der Waals surface area contributed by atoms with Crippen LogP contribution in [0.2, 0.25) is 0 Å². The van der Waals surface area contributed by atoms with Crippen molar-refractivity contribution in [2.45, 2.75) is 52.5 Å². The molecule has 0 saturated heterocycles. The van der Waals surface area contributed by atoms with Crippen molar-refractivity contribution in [3.05, 3.63) is 29.3 Å². The van der Waals surface area contributed by atoms with E-state index >= 15 is 0 Å². The van der Waals surface area contributed by atoms with Gasteiger partial charge in [-0.15, -0.1) is 6.42 Å². The molecule has 1 atom stereocenters. The topological polar surface area (TPSA) is 38.3 Å². The van der Waals surface area contributed by atoms with Gasteiger partial charge in [-0.3, -0.25) is 0 Å². The highest BCUT2D eigenvalue weighted by atomic mass is 16.5. The number of ether oxygens (including phenoxy) is 1. The number of terminal acetylenes is 1. The second-order valence-electron chi connectivity index (χ2n) is 5.80. The van der Waals surface area contributed by atoms with Gasteiger partial charge in [-0.05, 0) is 29.9 Å². The number of para-hydroxylation sites is 1. The molecule has 3 nitrogen and oxygen atoms in total. The highest BCUT2D eigenvalue weighted by molar-refractivity contribution is 5.80. The van der Waals surface area contributed by atoms with E-state index in [4.69, 9.17) is 11.2 Å². The summed E-state index contributed by atoms with van der Waals surface area (Å²) in [7, 11) is 0. The third kappa shape index (κ3) is 4.53. The lowest BCUT2D eigenvalue weighted by atomic mass is 9.92. The van der Waals surface area contributed by atoms with Crippen LogP contribution in [-0.2, 0) is 9.53 Å². The molecule has 1 aromatic rings. The molecule has 0 aliphatic heterocycles. The van der Waals surface area contributed by atoms with E-state index in [1.165, 1.54) is 11.1 Å². The zero-order valence-corrected chi connectivity index (χ0v) is 13.6. The second kappa shape index (κ2) is 7.73. The van der Waals surface area contributed by atoms with Crippen LogP contribution in [0.25, 0.3) is 0 Å². The smallest absolute Gasteiger partial charge is 0.329 e. The van der Waals surface area contributed by atoms with Gasteiger partial charge in [0.05, 0.1) is 0 Å². The summed E-state index contributed by atoms with van der Waals surface area (Å²) in [5, 5.41) is 3.31. The summed E-state index contributed by atoms with van der Waals surface area (Å²) in [6.07, 6.45) is 5.11. The number of carbonyl (C=O) groups is 1. The van der Waals surface area contributed by atoms with Crippen LogP contribution < -0.4 is 5.32 Å². The molecule has 0 aliphatic rings. The van der Waals surface area contributed by atoms with E-state index in [0.717, 1.165) is 5.69 Å². The first kappa shape index (κ1) is 17.1. The Hall–Kier alpha value is -1.95. The quantitative estimate of drug-likeness (QED) is 0.637. The summed E-state index contributed by atoms with van der Waals surface area (Å²) in [5.41, 5.74) is 3.45. The summed E-state index contributed by atoms with van der Waals surface area (Å²) in [5.74, 6) is 2.72. The van der Waals surface area contributed by atoms with Gasteiger partial charge in [0, 0.05) is 5.69 Å². The van der Waals surface area contributed by atoms with Crippen LogP contribution in [0, 0.1) is 12.3 Å². The molecule has 3 heteroatoms. The molecule has 0 radical (unpaired) electrons. The van der Waals surface area contributed by atoms with Gasteiger partial charge in [-0.2, -0.15) is 0 Å². The van der Waals surface area contributed by atoms with Crippen LogP contribution in [0.4, 0.5) is 5.69 Å². The number of rotatable bonds is 6. The molecule has 114 valence electrons. The molecule has 21 heavy (non-hydrogen) atoms. The number of carbonyl (C=O) groups excluding carboxylic acids is 1. The molecule has 0 spiro atoms. The first-order valence-corrected chi connectivity index (χ1v) is 7.37. The number of anilines is 1. The summed E-state index contributed by atoms with van der Waals surface area (Å²) >= 11 is 0. The Morgan fingerprint density at radius 2 is 1.71 bits per heavy atom. The van der Waals surface area contributed by atoms with Crippen molar-refractivity contribution in [1.82, 2.24) is 0 Å². The van der Waals surface area contributed by atoms with Crippen molar-refractivity contribution in [3.8, 4) is 12.3 Å². The molecule has 1 N–H and O–H groups in total. The lowest BCUT2D eigenvalue weighted by molar-refractivity contribution is -0.142. The maximum Gasteiger partial charge on any atom is 0.329 e. The van der Waals surface area contributed by atoms with Crippen LogP contribution in [0.15, 0.2) is 18.2 Å². The van der Waals surface area contributed by atoms with Crippen LogP contribution in [-0.4, -0.2) is 18.6 Å². The summed E-state index contributed by atoms with van der Waals surface area (Å²) in [4.78, 5) is 11.9. The minimum absolute atomic E-state index is 0.00766. The second-order valence-corrected chi connectivity index (χ2v) is 5.80. The molecule has 1 aromatic carbocycles. The Morgan fingerprint density at radius 1 is 1.19 bits per heavy atom. The Balaban J connectivity index is 3.05. The average molecular weight is 287 g/mol. The molecule has 0 aliphatic carbocycles. The van der Waals surface area contributed by atoms with Crippen LogP contribution in [0.1, 0.15) is 57.6 Å². The van der Waals surface area contributed by atoms with Crippen molar-refractivity contribution in [3.63, 3.8) is 0 Å². The van der Waals surface area contributed by atoms with E-state index in [-0.39, 0.29) is 12.6 Å². The van der Waals surface area contributed by atoms with Gasteiger partial charge in [0.1, 0.15) is 6.04 Å². The SMILES string of the molecule is C#CCOC(=O)[C@H](C)Nc1c(C(C)C)cccc1C(C)C. The van der Waals surface area contributed by atoms with Crippen molar-refractivity contribution in [2.75, 3.05) is 11.9 Å². The van der Waals surface area contributed by atoms with E-state index in [2.05, 4.69) is 57.1 Å². The molecule has 0 bridgehead atoms. The highest BCUT2D eigenvalue weighted by Gasteiger charge is 2.19. The fourth-order valence-corrected chi connectivity index (χ4v) is 2.23. The Labute approximate surface area is 128 Å². The van der Waals surface area contributed by atoms with Gasteiger partial charge in [0.2, 0.25) is 0 Å². The number of nitrogens with one attached hydrogen (secondary N) is 1. The van der Waals surface area contributed by atoms with Gasteiger partial charge in [0.15, 0.2) is 6.61 Å². The molecule has 0 heterocycles. The standard InChI is InChI=1S/C18H25NO2/c1-7-11-21-18(20)14(6)19-17-15(12(2)3)9-8-10-16(17)13(4)5/h1,8-10,12-14,19H,11H2,2-6H3/t14-/m0/s1. The monoisotopic (exact) mass is 287 g/mol. The third-order valence-electron chi connectivity index (χ3n) is 3.39. The predicted molar refractivity (Wildman–Crippen MR) is 87.5 cm³/mol. The zero-order chi connectivity index (χ0) is 16.0. The first-order valence-electron chi connectivity index (χ1n) is 7.37. The first-order chi connectivity index (χ1) is 9.88. The van der Waals surface area contributed by atoms with Gasteiger partial charge in [-0.1, -0.05) is 51.8 Å². The maximum atomic E-state index is 11.9. The van der Waals surface area contributed by atoms with Crippen LogP contribution in [0.3, 0.4) is 0 Å². The largest absolute Gasteiger partial charge is 0.451 e. The zero-order valence-electron chi connectivity index (χ0n) is 13.6. The Kier molecular flexibility index (Phi) is 6.30. The van der Waals surface area contributed by atoms with Crippen molar-refractivity contribution in [2.24, 2.45) is 0 Å².